The molecule has 0 bridgehead atoms. The topological polar surface area (TPSA) is 53.3 Å². The Labute approximate surface area is 69.2 Å². The van der Waals surface area contributed by atoms with Gasteiger partial charge in [0.05, 0.1) is 12.1 Å². The van der Waals surface area contributed by atoms with E-state index in [1.54, 1.807) is 6.07 Å². The molecule has 1 amide bonds. The summed E-state index contributed by atoms with van der Waals surface area (Å²) in [7, 11) is 0. The van der Waals surface area contributed by atoms with Gasteiger partial charge in [-0.2, -0.15) is 8.97 Å². The summed E-state index contributed by atoms with van der Waals surface area (Å²) in [6.45, 7) is 0. The van der Waals surface area contributed by atoms with E-state index >= 15 is 0 Å². The van der Waals surface area contributed by atoms with Crippen LogP contribution in [0.3, 0.4) is 0 Å². The summed E-state index contributed by atoms with van der Waals surface area (Å²) in [4.78, 5) is 10.4. The second-order valence-corrected chi connectivity index (χ2v) is 2.22. The number of ether oxygens (including phenoxy) is 1. The Morgan fingerprint density at radius 3 is 2.70 bits per heavy atom. The van der Waals surface area contributed by atoms with Crippen LogP contribution in [0.1, 0.15) is 0 Å². The second kappa shape index (κ2) is 5.02. The molecule has 0 saturated carbocycles. The predicted octanol–water partition coefficient (Wildman–Crippen LogP) is 1.15. The van der Waals surface area contributed by atoms with E-state index in [4.69, 9.17) is 5.26 Å². The number of carbonyl (C=O) groups excluding carboxylic acids is 1. The number of nitriles is 1. The summed E-state index contributed by atoms with van der Waals surface area (Å²) in [6, 6.07) is 1.64. The van der Waals surface area contributed by atoms with Gasteiger partial charge in [-0.05, 0) is 25.6 Å². The van der Waals surface area contributed by atoms with Gasteiger partial charge >= 0.3 is 6.09 Å². The lowest BCUT2D eigenvalue weighted by Crippen LogP contribution is -2.09. The van der Waals surface area contributed by atoms with Gasteiger partial charge in [0.1, 0.15) is 6.26 Å². The van der Waals surface area contributed by atoms with Gasteiger partial charge in [-0.25, -0.2) is 4.79 Å². The Hall–Kier alpha value is -0.800. The molecule has 0 rings (SSSR count). The molecule has 0 aliphatic heterocycles. The lowest BCUT2D eigenvalue weighted by Gasteiger charge is -2.02. The molecule has 0 N–H and O–H groups in total. The van der Waals surface area contributed by atoms with Gasteiger partial charge in [-0.1, -0.05) is 0 Å². The number of thiol groups is 2. The van der Waals surface area contributed by atoms with E-state index < -0.39 is 6.09 Å². The van der Waals surface area contributed by atoms with Crippen molar-refractivity contribution in [3.8, 4) is 6.07 Å². The zero-order chi connectivity index (χ0) is 7.98. The number of allylic oxidation sites excluding steroid dienone is 1. The third-order valence-electron chi connectivity index (χ3n) is 0.475. The first kappa shape index (κ1) is 9.20. The molecule has 0 unspecified atom stereocenters. The van der Waals surface area contributed by atoms with Crippen molar-refractivity contribution in [2.45, 2.75) is 0 Å². The van der Waals surface area contributed by atoms with Crippen molar-refractivity contribution < 1.29 is 9.53 Å². The zero-order valence-corrected chi connectivity index (χ0v) is 6.55. The summed E-state index contributed by atoms with van der Waals surface area (Å²) >= 11 is 7.00. The zero-order valence-electron chi connectivity index (χ0n) is 4.76. The maximum Gasteiger partial charge on any atom is 0.434 e. The molecule has 0 aromatic heterocycles. The van der Waals surface area contributed by atoms with Crippen LogP contribution < -0.4 is 0 Å². The minimum Gasteiger partial charge on any atom is -0.416 e. The van der Waals surface area contributed by atoms with E-state index in [1.165, 1.54) is 0 Å². The summed E-state index contributed by atoms with van der Waals surface area (Å²) in [5, 5.41) is 7.94. The fraction of sp³-hybridized carbons (Fsp3) is 0. The minimum absolute atomic E-state index is 0.654. The van der Waals surface area contributed by atoms with E-state index in [0.29, 0.717) is 3.71 Å². The van der Waals surface area contributed by atoms with Crippen molar-refractivity contribution in [1.29, 1.82) is 5.26 Å². The molecule has 0 atom stereocenters. The average Bonchev–Trinajstić information content (AvgIpc) is 1.88. The predicted molar refractivity (Wildman–Crippen MR) is 41.0 cm³/mol. The number of hydrogen-bond donors (Lipinski definition) is 2. The highest BCUT2D eigenvalue weighted by Gasteiger charge is 2.02. The van der Waals surface area contributed by atoms with Gasteiger partial charge in [0, 0.05) is 0 Å². The summed E-state index contributed by atoms with van der Waals surface area (Å²) < 4.78 is 4.93. The molecular formula is C4H4N2O2S2. The van der Waals surface area contributed by atoms with E-state index in [0.717, 1.165) is 12.3 Å². The van der Waals surface area contributed by atoms with E-state index in [2.05, 4.69) is 30.4 Å². The lowest BCUT2D eigenvalue weighted by atomic mass is 10.7. The third-order valence-corrected chi connectivity index (χ3v) is 0.801. The Morgan fingerprint density at radius 1 is 1.70 bits per heavy atom. The van der Waals surface area contributed by atoms with E-state index in [1.807, 2.05) is 0 Å². The first-order valence-corrected chi connectivity index (χ1v) is 2.91. The van der Waals surface area contributed by atoms with Crippen molar-refractivity contribution in [3.63, 3.8) is 0 Å². The quantitative estimate of drug-likeness (QED) is 0.358. The number of rotatable bonds is 1. The van der Waals surface area contributed by atoms with Crippen LogP contribution >= 0.6 is 25.6 Å². The SMILES string of the molecule is N#CC=COC(=O)N(S)S. The highest BCUT2D eigenvalue weighted by Crippen LogP contribution is 2.00. The monoisotopic (exact) mass is 176 g/mol. The molecule has 0 aliphatic rings. The standard InChI is InChI=1S/C4H4N2O2S2/c5-2-1-3-8-4(7)6(9)10/h1,3,9-10H. The molecule has 54 valence electrons. The van der Waals surface area contributed by atoms with E-state index in [-0.39, 0.29) is 0 Å². The van der Waals surface area contributed by atoms with Gasteiger partial charge < -0.3 is 4.74 Å². The third kappa shape index (κ3) is 4.12. The number of carbonyl (C=O) groups is 1. The molecule has 0 radical (unpaired) electrons. The highest BCUT2D eigenvalue weighted by molar-refractivity contribution is 7.94. The van der Waals surface area contributed by atoms with E-state index in [9.17, 15) is 4.79 Å². The molecule has 4 nitrogen and oxygen atoms in total. The smallest absolute Gasteiger partial charge is 0.416 e. The minimum atomic E-state index is -0.766. The first-order chi connectivity index (χ1) is 4.68. The fourth-order valence-corrected chi connectivity index (χ4v) is 0.264. The van der Waals surface area contributed by atoms with Crippen LogP contribution in [-0.2, 0) is 4.74 Å². The van der Waals surface area contributed by atoms with Crippen molar-refractivity contribution in [2.75, 3.05) is 0 Å². The van der Waals surface area contributed by atoms with Gasteiger partial charge in [0.15, 0.2) is 0 Å². The van der Waals surface area contributed by atoms with Crippen LogP contribution in [-0.4, -0.2) is 9.80 Å². The maximum absolute atomic E-state index is 10.4. The van der Waals surface area contributed by atoms with Gasteiger partial charge in [0.25, 0.3) is 0 Å². The van der Waals surface area contributed by atoms with Crippen molar-refractivity contribution in [3.05, 3.63) is 12.3 Å². The van der Waals surface area contributed by atoms with Crippen LogP contribution in [0.4, 0.5) is 4.79 Å². The maximum atomic E-state index is 10.4. The molecule has 0 spiro atoms. The van der Waals surface area contributed by atoms with Gasteiger partial charge in [0.2, 0.25) is 0 Å². The van der Waals surface area contributed by atoms with Crippen LogP contribution in [0.25, 0.3) is 0 Å². The molecule has 0 aliphatic carbocycles. The van der Waals surface area contributed by atoms with Crippen molar-refractivity contribution in [2.24, 2.45) is 0 Å². The Bertz CT molecular complexity index is 184. The van der Waals surface area contributed by atoms with Crippen molar-refractivity contribution >= 4 is 31.7 Å². The normalized spacial score (nSPS) is 8.90. The van der Waals surface area contributed by atoms with Crippen LogP contribution in [0.2, 0.25) is 0 Å². The fourth-order valence-electron chi connectivity index (χ4n) is 0.170. The van der Waals surface area contributed by atoms with Crippen molar-refractivity contribution in [1.82, 2.24) is 3.71 Å². The summed E-state index contributed by atoms with van der Waals surface area (Å²) in [6.07, 6.45) is 1.20. The highest BCUT2D eigenvalue weighted by atomic mass is 32.2. The molecule has 0 saturated heterocycles. The van der Waals surface area contributed by atoms with Crippen LogP contribution in [0, 0.1) is 11.3 Å². The molecule has 0 heterocycles. The molecule has 0 aromatic rings. The Balaban J connectivity index is 3.62. The largest absolute Gasteiger partial charge is 0.434 e. The summed E-state index contributed by atoms with van der Waals surface area (Å²) in [5.74, 6) is 0. The molecule has 10 heavy (non-hydrogen) atoms. The Morgan fingerprint density at radius 2 is 2.30 bits per heavy atom. The van der Waals surface area contributed by atoms with Gasteiger partial charge in [-0.15, -0.1) is 0 Å². The molecule has 0 fully saturated rings. The lowest BCUT2D eigenvalue weighted by molar-refractivity contribution is 0.182. The first-order valence-electron chi connectivity index (χ1n) is 2.11. The summed E-state index contributed by atoms with van der Waals surface area (Å²) in [5.41, 5.74) is 0. The molecule has 0 aromatic carbocycles. The Kier molecular flexibility index (Phi) is 4.62. The molecular weight excluding hydrogens is 172 g/mol. The number of nitrogens with zero attached hydrogens (tertiary/aromatic N) is 2. The number of amides is 1. The average molecular weight is 176 g/mol. The molecule has 6 heteroatoms. The van der Waals surface area contributed by atoms with Gasteiger partial charge in [-0.3, -0.25) is 0 Å². The second-order valence-electron chi connectivity index (χ2n) is 1.11. The number of hydrogen-bond acceptors (Lipinski definition) is 5. The van der Waals surface area contributed by atoms with Crippen LogP contribution in [0.15, 0.2) is 12.3 Å². The van der Waals surface area contributed by atoms with Crippen LogP contribution in [0.5, 0.6) is 0 Å².